The standard InChI is InChI=1S/C16H19BrF2N2O3/c1-10(2)15(23)21-8-7-20-14(22)6-3-11-9-12(17)4-5-13(11)24-16(18)19/h3-6,9-10,16H,7-8H2,1-2H3,(H,20,22)(H,21,23)/b6-3+. The molecule has 24 heavy (non-hydrogen) atoms. The molecule has 0 aliphatic carbocycles. The van der Waals surface area contributed by atoms with E-state index in [2.05, 4.69) is 31.3 Å². The van der Waals surface area contributed by atoms with E-state index in [4.69, 9.17) is 0 Å². The van der Waals surface area contributed by atoms with Gasteiger partial charge >= 0.3 is 6.61 Å². The average molecular weight is 405 g/mol. The average Bonchev–Trinajstić information content (AvgIpc) is 2.50. The zero-order valence-corrected chi connectivity index (χ0v) is 14.9. The van der Waals surface area contributed by atoms with Gasteiger partial charge in [0.2, 0.25) is 11.8 Å². The Hall–Kier alpha value is -1.96. The third-order valence-electron chi connectivity index (χ3n) is 2.85. The van der Waals surface area contributed by atoms with Crippen molar-refractivity contribution >= 4 is 33.8 Å². The van der Waals surface area contributed by atoms with Gasteiger partial charge in [0.25, 0.3) is 0 Å². The molecule has 8 heteroatoms. The van der Waals surface area contributed by atoms with Crippen LogP contribution in [0.25, 0.3) is 6.08 Å². The van der Waals surface area contributed by atoms with Crippen molar-refractivity contribution in [2.24, 2.45) is 5.92 Å². The Labute approximate surface area is 147 Å². The molecule has 2 amide bonds. The molecule has 0 atom stereocenters. The highest BCUT2D eigenvalue weighted by Gasteiger charge is 2.09. The molecule has 1 rings (SSSR count). The number of hydrogen-bond acceptors (Lipinski definition) is 3. The lowest BCUT2D eigenvalue weighted by Gasteiger charge is -2.09. The number of nitrogens with one attached hydrogen (secondary N) is 2. The Bertz CT molecular complexity index is 607. The van der Waals surface area contributed by atoms with Gasteiger partial charge in [-0.2, -0.15) is 8.78 Å². The van der Waals surface area contributed by atoms with Crippen LogP contribution in [0.15, 0.2) is 28.7 Å². The van der Waals surface area contributed by atoms with E-state index in [1.54, 1.807) is 26.0 Å². The van der Waals surface area contributed by atoms with Gasteiger partial charge in [-0.1, -0.05) is 29.8 Å². The summed E-state index contributed by atoms with van der Waals surface area (Å²) < 4.78 is 29.8. The molecular weight excluding hydrogens is 386 g/mol. The summed E-state index contributed by atoms with van der Waals surface area (Å²) in [6, 6.07) is 4.51. The molecule has 0 saturated heterocycles. The van der Waals surface area contributed by atoms with Crippen LogP contribution in [-0.2, 0) is 9.59 Å². The molecule has 0 aliphatic heterocycles. The van der Waals surface area contributed by atoms with E-state index in [9.17, 15) is 18.4 Å². The number of amides is 2. The van der Waals surface area contributed by atoms with Crippen LogP contribution in [0.5, 0.6) is 5.75 Å². The Balaban J connectivity index is 2.54. The van der Waals surface area contributed by atoms with Crippen molar-refractivity contribution in [1.82, 2.24) is 10.6 Å². The molecule has 0 fully saturated rings. The minimum atomic E-state index is -2.95. The van der Waals surface area contributed by atoms with Crippen molar-refractivity contribution in [3.05, 3.63) is 34.3 Å². The fraction of sp³-hybridized carbons (Fsp3) is 0.375. The molecule has 0 aromatic heterocycles. The first-order valence-corrected chi connectivity index (χ1v) is 8.07. The maximum atomic E-state index is 12.4. The quantitative estimate of drug-likeness (QED) is 0.516. The maximum Gasteiger partial charge on any atom is 0.387 e. The molecule has 0 radical (unpaired) electrons. The number of carbonyl (C=O) groups is 2. The van der Waals surface area contributed by atoms with Crippen LogP contribution < -0.4 is 15.4 Å². The lowest BCUT2D eigenvalue weighted by molar-refractivity contribution is -0.124. The molecule has 0 spiro atoms. The number of hydrogen-bond donors (Lipinski definition) is 2. The molecule has 1 aromatic rings. The number of benzene rings is 1. The summed E-state index contributed by atoms with van der Waals surface area (Å²) in [4.78, 5) is 23.0. The van der Waals surface area contributed by atoms with Gasteiger partial charge in [0.1, 0.15) is 5.75 Å². The molecule has 0 saturated carbocycles. The molecular formula is C16H19BrF2N2O3. The van der Waals surface area contributed by atoms with Crippen LogP contribution in [0.4, 0.5) is 8.78 Å². The first kappa shape index (κ1) is 20.1. The van der Waals surface area contributed by atoms with Gasteiger partial charge in [-0.15, -0.1) is 0 Å². The van der Waals surface area contributed by atoms with E-state index >= 15 is 0 Å². The number of alkyl halides is 2. The van der Waals surface area contributed by atoms with Crippen molar-refractivity contribution < 1.29 is 23.1 Å². The lowest BCUT2D eigenvalue weighted by Crippen LogP contribution is -2.35. The van der Waals surface area contributed by atoms with Crippen molar-refractivity contribution in [2.75, 3.05) is 13.1 Å². The summed E-state index contributed by atoms with van der Waals surface area (Å²) in [6.07, 6.45) is 2.59. The van der Waals surface area contributed by atoms with Gasteiger partial charge in [-0.25, -0.2) is 0 Å². The summed E-state index contributed by atoms with van der Waals surface area (Å²) in [5, 5.41) is 5.24. The number of ether oxygens (including phenoxy) is 1. The highest BCUT2D eigenvalue weighted by Crippen LogP contribution is 2.25. The van der Waals surface area contributed by atoms with E-state index in [0.717, 1.165) is 0 Å². The van der Waals surface area contributed by atoms with E-state index in [-0.39, 0.29) is 24.1 Å². The first-order valence-electron chi connectivity index (χ1n) is 7.27. The highest BCUT2D eigenvalue weighted by molar-refractivity contribution is 9.10. The summed E-state index contributed by atoms with van der Waals surface area (Å²) >= 11 is 3.23. The molecule has 132 valence electrons. The fourth-order valence-electron chi connectivity index (χ4n) is 1.65. The van der Waals surface area contributed by atoms with Gasteiger partial charge < -0.3 is 15.4 Å². The van der Waals surface area contributed by atoms with Gasteiger partial charge in [0.05, 0.1) is 0 Å². The fourth-order valence-corrected chi connectivity index (χ4v) is 2.03. The van der Waals surface area contributed by atoms with E-state index in [1.165, 1.54) is 18.2 Å². The predicted molar refractivity (Wildman–Crippen MR) is 90.7 cm³/mol. The SMILES string of the molecule is CC(C)C(=O)NCCNC(=O)/C=C/c1cc(Br)ccc1OC(F)F. The van der Waals surface area contributed by atoms with Crippen molar-refractivity contribution in [3.8, 4) is 5.75 Å². The summed E-state index contributed by atoms with van der Waals surface area (Å²) in [5.41, 5.74) is 0.341. The van der Waals surface area contributed by atoms with Crippen LogP contribution in [0.1, 0.15) is 19.4 Å². The summed E-state index contributed by atoms with van der Waals surface area (Å²) in [5.74, 6) is -0.647. The Kier molecular flexibility index (Phi) is 8.39. The Morgan fingerprint density at radius 2 is 1.92 bits per heavy atom. The minimum Gasteiger partial charge on any atom is -0.434 e. The topological polar surface area (TPSA) is 67.4 Å². The normalized spacial score (nSPS) is 11.1. The molecule has 1 aromatic carbocycles. The largest absolute Gasteiger partial charge is 0.434 e. The zero-order valence-electron chi connectivity index (χ0n) is 13.3. The minimum absolute atomic E-state index is 0.0264. The summed E-state index contributed by atoms with van der Waals surface area (Å²) in [7, 11) is 0. The van der Waals surface area contributed by atoms with E-state index in [0.29, 0.717) is 16.6 Å². The third kappa shape index (κ3) is 7.54. The molecule has 5 nitrogen and oxygen atoms in total. The van der Waals surface area contributed by atoms with Crippen LogP contribution in [0.3, 0.4) is 0 Å². The van der Waals surface area contributed by atoms with Crippen LogP contribution in [0.2, 0.25) is 0 Å². The summed E-state index contributed by atoms with van der Waals surface area (Å²) in [6.45, 7) is 1.17. The smallest absolute Gasteiger partial charge is 0.387 e. The monoisotopic (exact) mass is 404 g/mol. The van der Waals surface area contributed by atoms with Crippen molar-refractivity contribution in [3.63, 3.8) is 0 Å². The van der Waals surface area contributed by atoms with Crippen LogP contribution >= 0.6 is 15.9 Å². The van der Waals surface area contributed by atoms with Gasteiger partial charge in [0.15, 0.2) is 0 Å². The number of halogens is 3. The predicted octanol–water partition coefficient (Wildman–Crippen LogP) is 2.95. The first-order chi connectivity index (χ1) is 11.3. The Morgan fingerprint density at radius 3 is 2.54 bits per heavy atom. The maximum absolute atomic E-state index is 12.4. The molecule has 0 unspecified atom stereocenters. The zero-order chi connectivity index (χ0) is 18.1. The highest BCUT2D eigenvalue weighted by atomic mass is 79.9. The van der Waals surface area contributed by atoms with Crippen LogP contribution in [-0.4, -0.2) is 31.5 Å². The van der Waals surface area contributed by atoms with Crippen LogP contribution in [0, 0.1) is 5.92 Å². The molecule has 0 aliphatic rings. The third-order valence-corrected chi connectivity index (χ3v) is 3.34. The molecule has 0 heterocycles. The Morgan fingerprint density at radius 1 is 1.25 bits per heavy atom. The number of rotatable bonds is 8. The van der Waals surface area contributed by atoms with Crippen molar-refractivity contribution in [2.45, 2.75) is 20.5 Å². The van der Waals surface area contributed by atoms with Gasteiger partial charge in [-0.3, -0.25) is 9.59 Å². The lowest BCUT2D eigenvalue weighted by atomic mass is 10.2. The second-order valence-corrected chi connectivity index (χ2v) is 6.05. The van der Waals surface area contributed by atoms with E-state index < -0.39 is 12.5 Å². The van der Waals surface area contributed by atoms with Gasteiger partial charge in [0, 0.05) is 35.1 Å². The van der Waals surface area contributed by atoms with E-state index in [1.807, 2.05) is 0 Å². The van der Waals surface area contributed by atoms with Gasteiger partial charge in [-0.05, 0) is 24.3 Å². The molecule has 2 N–H and O–H groups in total. The number of carbonyl (C=O) groups excluding carboxylic acids is 2. The van der Waals surface area contributed by atoms with Crippen molar-refractivity contribution in [1.29, 1.82) is 0 Å². The second-order valence-electron chi connectivity index (χ2n) is 5.13. The second kappa shape index (κ2) is 10.0. The molecule has 0 bridgehead atoms.